The molecule has 0 bridgehead atoms. The summed E-state index contributed by atoms with van der Waals surface area (Å²) in [6.07, 6.45) is 4.29. The van der Waals surface area contributed by atoms with E-state index in [1.54, 1.807) is 0 Å². The van der Waals surface area contributed by atoms with Gasteiger partial charge in [-0.15, -0.1) is 0 Å². The Morgan fingerprint density at radius 2 is 1.67 bits per heavy atom. The van der Waals surface area contributed by atoms with E-state index >= 15 is 0 Å². The molecule has 2 radical (unpaired) electrons. The maximum atomic E-state index is 6.19. The summed E-state index contributed by atoms with van der Waals surface area (Å²) in [5, 5.41) is -0.0814. The highest BCUT2D eigenvalue weighted by atomic mass is 16.3. The molecule has 1 aromatic rings. The lowest BCUT2D eigenvalue weighted by Gasteiger charge is -2.21. The molecule has 1 nitrogen and oxygen atoms in total. The van der Waals surface area contributed by atoms with Gasteiger partial charge in [0.25, 0.3) is 0 Å². The number of hydrogen-bond donors (Lipinski definition) is 0. The quantitative estimate of drug-likeness (QED) is 0.455. The maximum Gasteiger partial charge on any atom is 0.107 e. The zero-order chi connectivity index (χ0) is 14.3. The number of hydrogen-bond acceptors (Lipinski definition) is 1. The molecule has 1 heterocycles. The Morgan fingerprint density at radius 3 is 2.22 bits per heavy atom. The number of rotatable bonds is 0. The number of fused-ring (bicyclic) bond motifs is 1. The molecule has 0 aliphatic heterocycles. The summed E-state index contributed by atoms with van der Waals surface area (Å²) >= 11 is 0. The first-order valence-corrected chi connectivity index (χ1v) is 7.36. The third-order valence-corrected chi connectivity index (χ3v) is 3.33. The van der Waals surface area contributed by atoms with Crippen molar-refractivity contribution >= 4 is 7.85 Å². The molecule has 0 spiro atoms. The Labute approximate surface area is 115 Å². The predicted molar refractivity (Wildman–Crippen MR) is 81.6 cm³/mol. The van der Waals surface area contributed by atoms with Crippen LogP contribution in [0.5, 0.6) is 0 Å². The second-order valence-corrected chi connectivity index (χ2v) is 4.87. The molecule has 2 heteroatoms. The molecule has 1 aliphatic carbocycles. The molecule has 0 amide bonds. The zero-order valence-electron chi connectivity index (χ0n) is 13.3. The van der Waals surface area contributed by atoms with Crippen LogP contribution < -0.4 is 0 Å². The van der Waals surface area contributed by atoms with Gasteiger partial charge < -0.3 is 4.42 Å². The molecule has 0 N–H and O–H groups in total. The summed E-state index contributed by atoms with van der Waals surface area (Å²) in [6, 6.07) is 0. The molecular formula is C16H29BO. The van der Waals surface area contributed by atoms with Crippen molar-refractivity contribution in [3.63, 3.8) is 0 Å². The SMILES string of the molecule is CC.CC.[B]C1(C)CCCc2c(oc(C)c2C)C1. The topological polar surface area (TPSA) is 13.1 Å². The summed E-state index contributed by atoms with van der Waals surface area (Å²) in [7, 11) is 6.19. The monoisotopic (exact) mass is 248 g/mol. The Kier molecular flexibility index (Phi) is 7.43. The average Bonchev–Trinajstić information content (AvgIpc) is 2.53. The van der Waals surface area contributed by atoms with Crippen LogP contribution in [0.4, 0.5) is 0 Å². The van der Waals surface area contributed by atoms with Crippen LogP contribution in [0.2, 0.25) is 5.31 Å². The third-order valence-electron chi connectivity index (χ3n) is 3.33. The van der Waals surface area contributed by atoms with Gasteiger partial charge in [-0.05, 0) is 37.8 Å². The fourth-order valence-electron chi connectivity index (χ4n) is 2.34. The predicted octanol–water partition coefficient (Wildman–Crippen LogP) is 5.17. The summed E-state index contributed by atoms with van der Waals surface area (Å²) in [5.74, 6) is 2.19. The molecular weight excluding hydrogens is 219 g/mol. The average molecular weight is 248 g/mol. The molecule has 0 saturated carbocycles. The first-order valence-electron chi connectivity index (χ1n) is 7.36. The lowest BCUT2D eigenvalue weighted by molar-refractivity contribution is 0.443. The van der Waals surface area contributed by atoms with Gasteiger partial charge >= 0.3 is 0 Å². The molecule has 0 aromatic carbocycles. The standard InChI is InChI=1S/C12H17BO.2C2H6/c1-8-9(2)14-11-7-12(3,13)6-4-5-10(8)11;2*1-2/h4-7H2,1-3H3;2*1-2H3. The summed E-state index contributed by atoms with van der Waals surface area (Å²) < 4.78 is 5.77. The van der Waals surface area contributed by atoms with Gasteiger partial charge in [0.05, 0.1) is 7.85 Å². The van der Waals surface area contributed by atoms with Crippen LogP contribution in [0.25, 0.3) is 0 Å². The van der Waals surface area contributed by atoms with Crippen LogP contribution >= 0.6 is 0 Å². The first-order chi connectivity index (χ1) is 8.49. The Hall–Kier alpha value is -0.655. The van der Waals surface area contributed by atoms with Gasteiger partial charge in [-0.1, -0.05) is 46.4 Å². The van der Waals surface area contributed by atoms with Crippen molar-refractivity contribution in [2.24, 2.45) is 0 Å². The summed E-state index contributed by atoms with van der Waals surface area (Å²) in [5.41, 5.74) is 2.74. The van der Waals surface area contributed by atoms with Crippen molar-refractivity contribution in [2.45, 2.75) is 79.5 Å². The van der Waals surface area contributed by atoms with Crippen LogP contribution in [0.15, 0.2) is 4.42 Å². The van der Waals surface area contributed by atoms with Crippen LogP contribution in [-0.4, -0.2) is 7.85 Å². The molecule has 18 heavy (non-hydrogen) atoms. The van der Waals surface area contributed by atoms with E-state index in [1.165, 1.54) is 17.5 Å². The zero-order valence-corrected chi connectivity index (χ0v) is 13.3. The second-order valence-electron chi connectivity index (χ2n) is 4.87. The fourth-order valence-corrected chi connectivity index (χ4v) is 2.34. The van der Waals surface area contributed by atoms with E-state index in [1.807, 2.05) is 34.6 Å². The largest absolute Gasteiger partial charge is 0.466 e. The Morgan fingerprint density at radius 1 is 1.11 bits per heavy atom. The third kappa shape index (κ3) is 4.22. The highest BCUT2D eigenvalue weighted by molar-refractivity contribution is 6.15. The van der Waals surface area contributed by atoms with Gasteiger partial charge in [-0.25, -0.2) is 0 Å². The van der Waals surface area contributed by atoms with E-state index in [4.69, 9.17) is 12.3 Å². The molecule has 102 valence electrons. The molecule has 1 aromatic heterocycles. The van der Waals surface area contributed by atoms with Gasteiger partial charge in [0.1, 0.15) is 11.5 Å². The maximum absolute atomic E-state index is 6.19. The molecule has 0 saturated heterocycles. The van der Waals surface area contributed by atoms with E-state index < -0.39 is 0 Å². The minimum Gasteiger partial charge on any atom is -0.466 e. The van der Waals surface area contributed by atoms with Gasteiger partial charge in [0.15, 0.2) is 0 Å². The van der Waals surface area contributed by atoms with Crippen LogP contribution in [-0.2, 0) is 12.8 Å². The van der Waals surface area contributed by atoms with Crippen LogP contribution in [0, 0.1) is 13.8 Å². The van der Waals surface area contributed by atoms with E-state index in [9.17, 15) is 0 Å². The minimum atomic E-state index is -0.0814. The van der Waals surface area contributed by atoms with Gasteiger partial charge in [-0.3, -0.25) is 0 Å². The lowest BCUT2D eigenvalue weighted by atomic mass is 9.65. The van der Waals surface area contributed by atoms with E-state index in [0.29, 0.717) is 0 Å². The van der Waals surface area contributed by atoms with E-state index in [2.05, 4.69) is 13.8 Å². The summed E-state index contributed by atoms with van der Waals surface area (Å²) in [6.45, 7) is 14.3. The minimum absolute atomic E-state index is 0.0814. The van der Waals surface area contributed by atoms with Crippen molar-refractivity contribution in [1.29, 1.82) is 0 Å². The van der Waals surface area contributed by atoms with E-state index in [0.717, 1.165) is 30.8 Å². The fraction of sp³-hybridized carbons (Fsp3) is 0.750. The highest BCUT2D eigenvalue weighted by Gasteiger charge is 2.26. The normalized spacial score (nSPS) is 21.7. The molecule has 1 atom stereocenters. The van der Waals surface area contributed by atoms with Gasteiger partial charge in [0, 0.05) is 6.42 Å². The van der Waals surface area contributed by atoms with Crippen molar-refractivity contribution in [2.75, 3.05) is 0 Å². The Balaban J connectivity index is 0.000000659. The van der Waals surface area contributed by atoms with E-state index in [-0.39, 0.29) is 5.31 Å². The first kappa shape index (κ1) is 17.3. The molecule has 0 fully saturated rings. The van der Waals surface area contributed by atoms with Gasteiger partial charge in [-0.2, -0.15) is 0 Å². The van der Waals surface area contributed by atoms with Crippen LogP contribution in [0.3, 0.4) is 0 Å². The van der Waals surface area contributed by atoms with Gasteiger partial charge in [0.2, 0.25) is 0 Å². The van der Waals surface area contributed by atoms with Crippen molar-refractivity contribution in [3.05, 3.63) is 22.6 Å². The Bertz CT molecular complexity index is 350. The molecule has 2 rings (SSSR count). The lowest BCUT2D eigenvalue weighted by Crippen LogP contribution is -2.09. The molecule has 1 aliphatic rings. The number of aryl methyl sites for hydroxylation is 1. The number of furan rings is 1. The van der Waals surface area contributed by atoms with Crippen molar-refractivity contribution in [3.8, 4) is 0 Å². The van der Waals surface area contributed by atoms with Crippen molar-refractivity contribution in [1.82, 2.24) is 0 Å². The summed E-state index contributed by atoms with van der Waals surface area (Å²) in [4.78, 5) is 0. The smallest absolute Gasteiger partial charge is 0.107 e. The molecule has 1 unspecified atom stereocenters. The van der Waals surface area contributed by atoms with Crippen molar-refractivity contribution < 1.29 is 4.42 Å². The second kappa shape index (κ2) is 7.71. The highest BCUT2D eigenvalue weighted by Crippen LogP contribution is 2.39. The van der Waals surface area contributed by atoms with Crippen LogP contribution in [0.1, 0.15) is 70.1 Å².